The molecule has 0 radical (unpaired) electrons. The highest BCUT2D eigenvalue weighted by atomic mass is 14.6. The first-order chi connectivity index (χ1) is 10.3. The highest BCUT2D eigenvalue weighted by molar-refractivity contribution is 5.09. The van der Waals surface area contributed by atoms with Gasteiger partial charge in [-0.1, -0.05) is 41.0 Å². The van der Waals surface area contributed by atoms with E-state index in [-0.39, 0.29) is 0 Å². The predicted molar refractivity (Wildman–Crippen MR) is 94.6 cm³/mol. The molecule has 4 saturated carbocycles. The maximum absolute atomic E-state index is 2.72. The molecule has 0 nitrogen and oxygen atoms in total. The molecule has 0 spiro atoms. The number of fused-ring (bicyclic) bond motifs is 5. The minimum atomic E-state index is 0.683. The summed E-state index contributed by atoms with van der Waals surface area (Å²) in [5.74, 6) is 7.16. The fourth-order valence-corrected chi connectivity index (χ4v) is 8.35. The SMILES string of the molecule is CC1CCC2(C)C(C1)C(C)CC1C3CC(C)CC3(C)CCC12. The average Bonchev–Trinajstić information content (AvgIpc) is 2.76. The van der Waals surface area contributed by atoms with Crippen molar-refractivity contribution in [1.82, 2.24) is 0 Å². The second-order valence-electron chi connectivity index (χ2n) is 10.8. The molecule has 0 aromatic heterocycles. The van der Waals surface area contributed by atoms with Crippen molar-refractivity contribution in [2.24, 2.45) is 52.3 Å². The lowest BCUT2D eigenvalue weighted by Crippen LogP contribution is -2.55. The summed E-state index contributed by atoms with van der Waals surface area (Å²) >= 11 is 0. The molecule has 0 heterocycles. The maximum Gasteiger partial charge on any atom is -0.0264 e. The van der Waals surface area contributed by atoms with Crippen molar-refractivity contribution in [2.75, 3.05) is 0 Å². The summed E-state index contributed by atoms with van der Waals surface area (Å²) in [7, 11) is 0. The van der Waals surface area contributed by atoms with E-state index in [1.807, 2.05) is 0 Å². The Morgan fingerprint density at radius 2 is 1.45 bits per heavy atom. The standard InChI is InChI=1S/C22H38/c1-14-6-9-22(5)18-7-8-21(4)13-15(2)11-20(21)17(18)12-16(3)19(22)10-14/h14-20H,6-13H2,1-5H3. The lowest BCUT2D eigenvalue weighted by Gasteiger charge is -2.62. The van der Waals surface area contributed by atoms with Gasteiger partial charge in [0, 0.05) is 0 Å². The smallest absolute Gasteiger partial charge is 0.0264 e. The zero-order chi connectivity index (χ0) is 15.7. The summed E-state index contributed by atoms with van der Waals surface area (Å²) < 4.78 is 0. The Morgan fingerprint density at radius 1 is 0.727 bits per heavy atom. The van der Waals surface area contributed by atoms with Crippen LogP contribution in [0.15, 0.2) is 0 Å². The van der Waals surface area contributed by atoms with Crippen molar-refractivity contribution >= 4 is 0 Å². The molecular weight excluding hydrogens is 264 g/mol. The van der Waals surface area contributed by atoms with Crippen LogP contribution in [0.4, 0.5) is 0 Å². The summed E-state index contributed by atoms with van der Waals surface area (Å²) in [6, 6.07) is 0. The Bertz CT molecular complexity index is 439. The van der Waals surface area contributed by atoms with E-state index in [1.165, 1.54) is 32.1 Å². The first-order valence-corrected chi connectivity index (χ1v) is 10.3. The van der Waals surface area contributed by atoms with Crippen LogP contribution in [0.5, 0.6) is 0 Å². The lowest BCUT2D eigenvalue weighted by atomic mass is 9.43. The largest absolute Gasteiger partial charge is 0.0625 e. The molecule has 9 atom stereocenters. The van der Waals surface area contributed by atoms with Gasteiger partial charge in [0.05, 0.1) is 0 Å². The molecule has 0 bridgehead atoms. The van der Waals surface area contributed by atoms with E-state index in [2.05, 4.69) is 34.6 Å². The molecule has 126 valence electrons. The molecule has 9 unspecified atom stereocenters. The van der Waals surface area contributed by atoms with Crippen molar-refractivity contribution < 1.29 is 0 Å². The summed E-state index contributed by atoms with van der Waals surface area (Å²) in [5.41, 5.74) is 1.38. The third-order valence-electron chi connectivity index (χ3n) is 9.28. The zero-order valence-electron chi connectivity index (χ0n) is 15.7. The second kappa shape index (κ2) is 5.00. The van der Waals surface area contributed by atoms with Crippen molar-refractivity contribution in [2.45, 2.75) is 86.0 Å². The molecule has 0 heteroatoms. The molecule has 4 rings (SSSR count). The van der Waals surface area contributed by atoms with Crippen molar-refractivity contribution in [3.63, 3.8) is 0 Å². The molecule has 0 N–H and O–H groups in total. The van der Waals surface area contributed by atoms with Gasteiger partial charge in [-0.15, -0.1) is 0 Å². The van der Waals surface area contributed by atoms with E-state index in [0.29, 0.717) is 10.8 Å². The van der Waals surface area contributed by atoms with Gasteiger partial charge in [0.15, 0.2) is 0 Å². The molecule has 0 saturated heterocycles. The third kappa shape index (κ3) is 2.07. The van der Waals surface area contributed by atoms with Crippen LogP contribution < -0.4 is 0 Å². The first kappa shape index (κ1) is 15.5. The summed E-state index contributed by atoms with van der Waals surface area (Å²) in [4.78, 5) is 0. The summed E-state index contributed by atoms with van der Waals surface area (Å²) in [6.07, 6.45) is 12.3. The van der Waals surface area contributed by atoms with Gasteiger partial charge in [-0.3, -0.25) is 0 Å². The van der Waals surface area contributed by atoms with E-state index in [4.69, 9.17) is 0 Å². The first-order valence-electron chi connectivity index (χ1n) is 10.3. The topological polar surface area (TPSA) is 0 Å². The van der Waals surface area contributed by atoms with Crippen LogP contribution in [0.1, 0.15) is 86.0 Å². The highest BCUT2D eigenvalue weighted by Crippen LogP contribution is 2.68. The van der Waals surface area contributed by atoms with Crippen LogP contribution in [0.2, 0.25) is 0 Å². The maximum atomic E-state index is 2.72. The molecule has 4 fully saturated rings. The minimum absolute atomic E-state index is 0.683. The average molecular weight is 303 g/mol. The third-order valence-corrected chi connectivity index (χ3v) is 9.28. The van der Waals surface area contributed by atoms with Crippen LogP contribution >= 0.6 is 0 Å². The van der Waals surface area contributed by atoms with E-state index >= 15 is 0 Å². The monoisotopic (exact) mass is 302 g/mol. The zero-order valence-corrected chi connectivity index (χ0v) is 15.7. The molecule has 4 aliphatic rings. The van der Waals surface area contributed by atoms with Crippen LogP contribution in [-0.2, 0) is 0 Å². The number of rotatable bonds is 0. The molecule has 0 aliphatic heterocycles. The molecule has 0 amide bonds. The van der Waals surface area contributed by atoms with E-state index in [1.54, 1.807) is 19.3 Å². The fraction of sp³-hybridized carbons (Fsp3) is 1.00. The predicted octanol–water partition coefficient (Wildman–Crippen LogP) is 6.55. The van der Waals surface area contributed by atoms with Gasteiger partial charge in [0.1, 0.15) is 0 Å². The van der Waals surface area contributed by atoms with Crippen LogP contribution in [0, 0.1) is 52.3 Å². The Balaban J connectivity index is 1.66. The van der Waals surface area contributed by atoms with E-state index in [0.717, 1.165) is 41.4 Å². The normalized spacial score (nSPS) is 61.2. The van der Waals surface area contributed by atoms with Crippen LogP contribution in [0.25, 0.3) is 0 Å². The molecule has 0 aromatic rings. The summed E-state index contributed by atoms with van der Waals surface area (Å²) in [5, 5.41) is 0. The van der Waals surface area contributed by atoms with Crippen LogP contribution in [-0.4, -0.2) is 0 Å². The van der Waals surface area contributed by atoms with Gasteiger partial charge < -0.3 is 0 Å². The molecule has 0 aromatic carbocycles. The van der Waals surface area contributed by atoms with Crippen molar-refractivity contribution in [3.05, 3.63) is 0 Å². The Kier molecular flexibility index (Phi) is 3.53. The van der Waals surface area contributed by atoms with Crippen molar-refractivity contribution in [1.29, 1.82) is 0 Å². The van der Waals surface area contributed by atoms with Gasteiger partial charge in [0.25, 0.3) is 0 Å². The quantitative estimate of drug-likeness (QED) is 0.476. The Labute approximate surface area is 138 Å². The van der Waals surface area contributed by atoms with Crippen LogP contribution in [0.3, 0.4) is 0 Å². The van der Waals surface area contributed by atoms with Crippen molar-refractivity contribution in [3.8, 4) is 0 Å². The minimum Gasteiger partial charge on any atom is -0.0625 e. The van der Waals surface area contributed by atoms with Gasteiger partial charge in [-0.25, -0.2) is 0 Å². The van der Waals surface area contributed by atoms with Gasteiger partial charge in [-0.2, -0.15) is 0 Å². The van der Waals surface area contributed by atoms with Gasteiger partial charge in [0.2, 0.25) is 0 Å². The van der Waals surface area contributed by atoms with E-state index in [9.17, 15) is 0 Å². The number of hydrogen-bond donors (Lipinski definition) is 0. The number of hydrogen-bond acceptors (Lipinski definition) is 0. The highest BCUT2D eigenvalue weighted by Gasteiger charge is 2.59. The Morgan fingerprint density at radius 3 is 2.23 bits per heavy atom. The van der Waals surface area contributed by atoms with Gasteiger partial charge in [-0.05, 0) is 97.2 Å². The van der Waals surface area contributed by atoms with E-state index < -0.39 is 0 Å². The lowest BCUT2D eigenvalue weighted by molar-refractivity contribution is -0.132. The van der Waals surface area contributed by atoms with Gasteiger partial charge >= 0.3 is 0 Å². The Hall–Kier alpha value is 0. The molecular formula is C22H38. The second-order valence-corrected chi connectivity index (χ2v) is 10.8. The fourth-order valence-electron chi connectivity index (χ4n) is 8.35. The molecule has 4 aliphatic carbocycles. The summed E-state index contributed by atoms with van der Waals surface area (Å²) in [6.45, 7) is 13.0. The molecule has 22 heavy (non-hydrogen) atoms.